The number of fused-ring (bicyclic) bond motifs is 1. The lowest BCUT2D eigenvalue weighted by Crippen LogP contribution is -2.14. The number of rotatable bonds is 3. The molecule has 3 aromatic rings. The maximum Gasteiger partial charge on any atom is 0.268 e. The van der Waals surface area contributed by atoms with Gasteiger partial charge in [-0.1, -0.05) is 42.0 Å². The van der Waals surface area contributed by atoms with Crippen molar-refractivity contribution >= 4 is 33.2 Å². The van der Waals surface area contributed by atoms with E-state index in [0.29, 0.717) is 12.5 Å². The first-order valence-corrected chi connectivity index (χ1v) is 7.61. The summed E-state index contributed by atoms with van der Waals surface area (Å²) >= 11 is 2.87. The summed E-state index contributed by atoms with van der Waals surface area (Å²) in [6.45, 7) is 4.76. The van der Waals surface area contributed by atoms with Crippen LogP contribution in [0.15, 0.2) is 29.1 Å². The third-order valence-electron chi connectivity index (χ3n) is 2.97. The number of hydrogen-bond acceptors (Lipinski definition) is 5. The fourth-order valence-electron chi connectivity index (χ4n) is 2.02. The topological polar surface area (TPSA) is 47.8 Å². The first-order chi connectivity index (χ1) is 9.16. The van der Waals surface area contributed by atoms with Gasteiger partial charge in [0.15, 0.2) is 0 Å². The fraction of sp³-hybridized carbons (Fsp3) is 0.308. The van der Waals surface area contributed by atoms with Crippen molar-refractivity contribution in [2.45, 2.75) is 26.3 Å². The fourth-order valence-corrected chi connectivity index (χ4v) is 3.89. The van der Waals surface area contributed by atoms with Gasteiger partial charge in [-0.2, -0.15) is 0 Å². The summed E-state index contributed by atoms with van der Waals surface area (Å²) in [6, 6.07) is 7.70. The predicted octanol–water partition coefficient (Wildman–Crippen LogP) is 3.09. The smallest absolute Gasteiger partial charge is 0.268 e. The molecule has 2 heterocycles. The van der Waals surface area contributed by atoms with Gasteiger partial charge in [0.2, 0.25) is 0 Å². The Morgan fingerprint density at radius 2 is 2.11 bits per heavy atom. The first-order valence-electron chi connectivity index (χ1n) is 6.07. The molecule has 0 bridgehead atoms. The largest absolute Gasteiger partial charge is 0.268 e. The lowest BCUT2D eigenvalue weighted by atomic mass is 10.1. The van der Waals surface area contributed by atoms with Crippen LogP contribution in [0.1, 0.15) is 30.3 Å². The molecule has 0 N–H and O–H groups in total. The number of nitrogens with zero attached hydrogens (tertiary/aromatic N) is 3. The molecular weight excluding hydrogens is 278 g/mol. The van der Waals surface area contributed by atoms with E-state index >= 15 is 0 Å². The van der Waals surface area contributed by atoms with E-state index in [4.69, 9.17) is 0 Å². The summed E-state index contributed by atoms with van der Waals surface area (Å²) in [7, 11) is 0. The normalized spacial score (nSPS) is 11.5. The molecule has 0 spiro atoms. The second-order valence-electron chi connectivity index (χ2n) is 4.67. The van der Waals surface area contributed by atoms with Gasteiger partial charge in [0.1, 0.15) is 0 Å². The zero-order chi connectivity index (χ0) is 13.4. The van der Waals surface area contributed by atoms with Crippen molar-refractivity contribution in [2.75, 3.05) is 0 Å². The monoisotopic (exact) mass is 291 g/mol. The molecule has 4 nitrogen and oxygen atoms in total. The van der Waals surface area contributed by atoms with Crippen molar-refractivity contribution in [3.05, 3.63) is 45.2 Å². The molecule has 1 aromatic carbocycles. The molecule has 3 rings (SSSR count). The van der Waals surface area contributed by atoms with Crippen molar-refractivity contribution < 1.29 is 0 Å². The predicted molar refractivity (Wildman–Crippen MR) is 79.2 cm³/mol. The van der Waals surface area contributed by atoms with Crippen LogP contribution in [-0.2, 0) is 6.54 Å². The van der Waals surface area contributed by atoms with Crippen molar-refractivity contribution in [1.29, 1.82) is 0 Å². The van der Waals surface area contributed by atoms with Gasteiger partial charge in [-0.25, -0.2) is 0 Å². The Hall–Kier alpha value is -1.53. The highest BCUT2D eigenvalue weighted by molar-refractivity contribution is 7.14. The molecule has 2 aromatic heterocycles. The molecule has 0 unspecified atom stereocenters. The Bertz CT molecular complexity index is 769. The van der Waals surface area contributed by atoms with Crippen LogP contribution in [0.2, 0.25) is 0 Å². The lowest BCUT2D eigenvalue weighted by Gasteiger charge is -2.03. The Morgan fingerprint density at radius 3 is 2.84 bits per heavy atom. The Morgan fingerprint density at radius 1 is 1.32 bits per heavy atom. The van der Waals surface area contributed by atoms with Crippen molar-refractivity contribution in [2.24, 2.45) is 0 Å². The SMILES string of the molecule is CC(C)c1nnsc1Cn1sc2ccccc2c1=O. The number of aromatic nitrogens is 3. The molecule has 0 aliphatic rings. The molecule has 0 aliphatic carbocycles. The van der Waals surface area contributed by atoms with Crippen LogP contribution in [-0.4, -0.2) is 13.5 Å². The maximum atomic E-state index is 12.3. The second-order valence-corrected chi connectivity index (χ2v) is 6.57. The minimum atomic E-state index is 0.0729. The molecule has 0 atom stereocenters. The van der Waals surface area contributed by atoms with Crippen LogP contribution in [0.25, 0.3) is 10.1 Å². The summed E-state index contributed by atoms with van der Waals surface area (Å²) < 4.78 is 6.81. The Balaban J connectivity index is 2.04. The van der Waals surface area contributed by atoms with Gasteiger partial charge in [0, 0.05) is 0 Å². The van der Waals surface area contributed by atoms with Gasteiger partial charge in [0.05, 0.1) is 27.2 Å². The van der Waals surface area contributed by atoms with Crippen LogP contribution in [0.4, 0.5) is 0 Å². The molecule has 0 amide bonds. The second kappa shape index (κ2) is 4.86. The minimum Gasteiger partial charge on any atom is -0.268 e. The summed E-state index contributed by atoms with van der Waals surface area (Å²) in [6.07, 6.45) is 0. The van der Waals surface area contributed by atoms with E-state index in [9.17, 15) is 4.79 Å². The van der Waals surface area contributed by atoms with E-state index in [1.54, 1.807) is 3.96 Å². The summed E-state index contributed by atoms with van der Waals surface area (Å²) in [4.78, 5) is 13.3. The van der Waals surface area contributed by atoms with Gasteiger partial charge in [-0.3, -0.25) is 8.75 Å². The standard InChI is InChI=1S/C13H13N3OS2/c1-8(2)12-11(18-15-14-12)7-16-13(17)9-5-3-4-6-10(9)19-16/h3-6,8H,7H2,1-2H3. The number of hydrogen-bond donors (Lipinski definition) is 0. The van der Waals surface area contributed by atoms with Gasteiger partial charge >= 0.3 is 0 Å². The van der Waals surface area contributed by atoms with Crippen molar-refractivity contribution in [3.8, 4) is 0 Å². The summed E-state index contributed by atoms with van der Waals surface area (Å²) in [5, 5.41) is 4.94. The number of benzene rings is 1. The first kappa shape index (κ1) is 12.5. The van der Waals surface area contributed by atoms with E-state index in [-0.39, 0.29) is 5.56 Å². The average Bonchev–Trinajstić information content (AvgIpc) is 2.97. The Kier molecular flexibility index (Phi) is 3.20. The summed E-state index contributed by atoms with van der Waals surface area (Å²) in [5.41, 5.74) is 1.07. The molecule has 98 valence electrons. The summed E-state index contributed by atoms with van der Waals surface area (Å²) in [5.74, 6) is 0.332. The van der Waals surface area contributed by atoms with E-state index in [1.165, 1.54) is 23.1 Å². The molecule has 0 saturated carbocycles. The highest BCUT2D eigenvalue weighted by Crippen LogP contribution is 2.23. The third kappa shape index (κ3) is 2.21. The zero-order valence-electron chi connectivity index (χ0n) is 10.7. The van der Waals surface area contributed by atoms with Gasteiger partial charge < -0.3 is 0 Å². The van der Waals surface area contributed by atoms with E-state index in [0.717, 1.165) is 20.7 Å². The van der Waals surface area contributed by atoms with E-state index < -0.39 is 0 Å². The van der Waals surface area contributed by atoms with Crippen molar-refractivity contribution in [1.82, 2.24) is 13.5 Å². The Labute approximate surface area is 118 Å². The maximum absolute atomic E-state index is 12.3. The molecule has 0 saturated heterocycles. The molecule has 0 aliphatic heterocycles. The molecule has 0 radical (unpaired) electrons. The van der Waals surface area contributed by atoms with Gasteiger partial charge in [-0.15, -0.1) is 5.10 Å². The van der Waals surface area contributed by atoms with Crippen LogP contribution in [0, 0.1) is 0 Å². The lowest BCUT2D eigenvalue weighted by molar-refractivity contribution is 0.773. The minimum absolute atomic E-state index is 0.0729. The highest BCUT2D eigenvalue weighted by atomic mass is 32.1. The van der Waals surface area contributed by atoms with Gasteiger partial charge in [-0.05, 0) is 29.6 Å². The van der Waals surface area contributed by atoms with Crippen LogP contribution >= 0.6 is 23.1 Å². The molecule has 19 heavy (non-hydrogen) atoms. The van der Waals surface area contributed by atoms with Crippen LogP contribution in [0.3, 0.4) is 0 Å². The quantitative estimate of drug-likeness (QED) is 0.745. The van der Waals surface area contributed by atoms with E-state index in [2.05, 4.69) is 23.4 Å². The van der Waals surface area contributed by atoms with Crippen LogP contribution < -0.4 is 5.56 Å². The van der Waals surface area contributed by atoms with Crippen molar-refractivity contribution in [3.63, 3.8) is 0 Å². The van der Waals surface area contributed by atoms with E-state index in [1.807, 2.05) is 24.3 Å². The third-order valence-corrected chi connectivity index (χ3v) is 4.76. The molecule has 0 fully saturated rings. The highest BCUT2D eigenvalue weighted by Gasteiger charge is 2.14. The van der Waals surface area contributed by atoms with Crippen LogP contribution in [0.5, 0.6) is 0 Å². The zero-order valence-corrected chi connectivity index (χ0v) is 12.3. The van der Waals surface area contributed by atoms with Gasteiger partial charge in [0.25, 0.3) is 5.56 Å². The molecule has 6 heteroatoms. The average molecular weight is 291 g/mol. The molecular formula is C13H13N3OS2.